The maximum Gasteiger partial charge on any atom is 0.269 e. The average molecular weight is 623 g/mol. The number of para-hydroxylation sites is 1. The summed E-state index contributed by atoms with van der Waals surface area (Å²) >= 11 is 0. The molecule has 0 bridgehead atoms. The van der Waals surface area contributed by atoms with E-state index in [1.165, 1.54) is 28.6 Å². The van der Waals surface area contributed by atoms with Crippen molar-refractivity contribution in [3.8, 4) is 0 Å². The van der Waals surface area contributed by atoms with Gasteiger partial charge in [0.05, 0.1) is 27.7 Å². The summed E-state index contributed by atoms with van der Waals surface area (Å²) in [5, 5.41) is 25.3. The van der Waals surface area contributed by atoms with E-state index in [1.54, 1.807) is 37.4 Å². The predicted molar refractivity (Wildman–Crippen MR) is 170 cm³/mol. The van der Waals surface area contributed by atoms with Gasteiger partial charge in [0, 0.05) is 48.8 Å². The Hall–Kier alpha value is -3.83. The summed E-state index contributed by atoms with van der Waals surface area (Å²) in [6.07, 6.45) is 6.15. The summed E-state index contributed by atoms with van der Waals surface area (Å²) in [7, 11) is -4.09. The van der Waals surface area contributed by atoms with Gasteiger partial charge < -0.3 is 10.4 Å². The molecule has 1 amide bonds. The van der Waals surface area contributed by atoms with Gasteiger partial charge in [-0.3, -0.25) is 24.2 Å². The van der Waals surface area contributed by atoms with Crippen molar-refractivity contribution >= 4 is 27.3 Å². The van der Waals surface area contributed by atoms with Crippen molar-refractivity contribution in [2.24, 2.45) is 5.92 Å². The number of benzene rings is 2. The van der Waals surface area contributed by atoms with Gasteiger partial charge in [-0.1, -0.05) is 57.4 Å². The average Bonchev–Trinajstić information content (AvgIpc) is 3.01. The van der Waals surface area contributed by atoms with Crippen LogP contribution >= 0.6 is 0 Å². The first-order valence-electron chi connectivity index (χ1n) is 15.2. The Bertz CT molecular complexity index is 1520. The molecule has 1 saturated carbocycles. The van der Waals surface area contributed by atoms with Gasteiger partial charge in [-0.05, 0) is 61.6 Å². The second kappa shape index (κ2) is 14.3. The standard InChI is InChI=1S/C33H42N4O6S/c1-24(2)23-36(44(42,43)28-16-14-27(15-17-28)37(40)41)29-12-6-5-11-26(29)21-30(38)25(3)35-32(39)22-33(18-8-4-9-19-33)31-13-7-10-20-34-31/h5-7,10-17,20,24-25,30,38H,4,8-9,18-19,21-23H2,1-3H3,(H,35,39)/t25-,30+/m0/s1. The highest BCUT2D eigenvalue weighted by Gasteiger charge is 2.38. The fourth-order valence-electron chi connectivity index (χ4n) is 5.99. The van der Waals surface area contributed by atoms with E-state index in [-0.39, 0.29) is 47.2 Å². The highest BCUT2D eigenvalue weighted by Crippen LogP contribution is 2.41. The number of amides is 1. The van der Waals surface area contributed by atoms with Crippen LogP contribution in [0.25, 0.3) is 0 Å². The van der Waals surface area contributed by atoms with Gasteiger partial charge in [0.1, 0.15) is 0 Å². The first-order valence-corrected chi connectivity index (χ1v) is 16.6. The van der Waals surface area contributed by atoms with Crippen LogP contribution in [0, 0.1) is 16.0 Å². The van der Waals surface area contributed by atoms with Crippen molar-refractivity contribution < 1.29 is 23.2 Å². The Morgan fingerprint density at radius 2 is 1.68 bits per heavy atom. The molecule has 3 aromatic rings. The third kappa shape index (κ3) is 7.81. The number of nitrogens with one attached hydrogen (secondary N) is 1. The van der Waals surface area contributed by atoms with Crippen LogP contribution in [-0.4, -0.2) is 48.0 Å². The van der Waals surface area contributed by atoms with Crippen LogP contribution in [0.4, 0.5) is 11.4 Å². The van der Waals surface area contributed by atoms with Crippen molar-refractivity contribution in [3.63, 3.8) is 0 Å². The zero-order valence-electron chi connectivity index (χ0n) is 25.6. The molecule has 0 aliphatic heterocycles. The molecule has 1 aliphatic rings. The zero-order valence-corrected chi connectivity index (χ0v) is 26.4. The van der Waals surface area contributed by atoms with Gasteiger partial charge in [0.15, 0.2) is 0 Å². The number of nitrogens with zero attached hydrogens (tertiary/aromatic N) is 3. The van der Waals surface area contributed by atoms with E-state index in [1.807, 2.05) is 32.0 Å². The second-order valence-electron chi connectivity index (χ2n) is 12.2. The fourth-order valence-corrected chi connectivity index (χ4v) is 7.66. The topological polar surface area (TPSA) is 143 Å². The maximum absolute atomic E-state index is 13.8. The molecule has 2 N–H and O–H groups in total. The molecule has 2 aromatic carbocycles. The number of pyridine rings is 1. The van der Waals surface area contributed by atoms with Gasteiger partial charge in [-0.15, -0.1) is 0 Å². The number of sulfonamides is 1. The lowest BCUT2D eigenvalue weighted by atomic mass is 9.69. The van der Waals surface area contributed by atoms with Crippen LogP contribution in [0.15, 0.2) is 77.8 Å². The van der Waals surface area contributed by atoms with Crippen LogP contribution in [0.5, 0.6) is 0 Å². The van der Waals surface area contributed by atoms with Crippen molar-refractivity contribution in [2.75, 3.05) is 10.8 Å². The Morgan fingerprint density at radius 3 is 2.30 bits per heavy atom. The summed E-state index contributed by atoms with van der Waals surface area (Å²) < 4.78 is 29.0. The van der Waals surface area contributed by atoms with E-state index < -0.39 is 27.1 Å². The Labute approximate surface area is 259 Å². The molecule has 4 rings (SSSR count). The first kappa shape index (κ1) is 33.1. The Kier molecular flexibility index (Phi) is 10.7. The molecule has 0 saturated heterocycles. The lowest BCUT2D eigenvalue weighted by molar-refractivity contribution is -0.384. The van der Waals surface area contributed by atoms with Gasteiger partial charge in [-0.2, -0.15) is 0 Å². The summed E-state index contributed by atoms with van der Waals surface area (Å²) in [5.74, 6) is -0.190. The number of nitro benzene ring substituents is 1. The number of rotatable bonds is 13. The number of hydrogen-bond donors (Lipinski definition) is 2. The second-order valence-corrected chi connectivity index (χ2v) is 14.0. The highest BCUT2D eigenvalue weighted by molar-refractivity contribution is 7.92. The molecular weight excluding hydrogens is 580 g/mol. The van der Waals surface area contributed by atoms with E-state index in [9.17, 15) is 28.4 Å². The van der Waals surface area contributed by atoms with E-state index in [2.05, 4.69) is 10.3 Å². The van der Waals surface area contributed by atoms with E-state index in [0.717, 1.165) is 37.8 Å². The monoisotopic (exact) mass is 622 g/mol. The molecule has 0 spiro atoms. The molecule has 11 heteroatoms. The number of aliphatic hydroxyl groups is 1. The largest absolute Gasteiger partial charge is 0.391 e. The summed E-state index contributed by atoms with van der Waals surface area (Å²) in [4.78, 5) is 28.4. The summed E-state index contributed by atoms with van der Waals surface area (Å²) in [6.45, 7) is 5.71. The maximum atomic E-state index is 13.8. The molecule has 236 valence electrons. The van der Waals surface area contributed by atoms with Gasteiger partial charge in [-0.25, -0.2) is 8.42 Å². The molecule has 1 fully saturated rings. The molecule has 1 heterocycles. The van der Waals surface area contributed by atoms with Crippen LogP contribution in [0.1, 0.15) is 70.6 Å². The van der Waals surface area contributed by atoms with Gasteiger partial charge in [0.25, 0.3) is 15.7 Å². The number of aromatic nitrogens is 1. The molecular formula is C33H42N4O6S. The molecule has 10 nitrogen and oxygen atoms in total. The SMILES string of the molecule is CC(C)CN(c1ccccc1C[C@@H](O)[C@H](C)NC(=O)CC1(c2ccccn2)CCCCC1)S(=O)(=O)c1ccc([N+](=O)[O-])cc1. The van der Waals surface area contributed by atoms with E-state index in [0.29, 0.717) is 11.3 Å². The molecule has 0 unspecified atom stereocenters. The van der Waals surface area contributed by atoms with Crippen LogP contribution in [-0.2, 0) is 26.7 Å². The van der Waals surface area contributed by atoms with E-state index >= 15 is 0 Å². The quantitative estimate of drug-likeness (QED) is 0.188. The number of nitro groups is 1. The highest BCUT2D eigenvalue weighted by atomic mass is 32.2. The van der Waals surface area contributed by atoms with Crippen molar-refractivity contribution in [3.05, 3.63) is 94.3 Å². The molecule has 0 radical (unpaired) electrons. The smallest absolute Gasteiger partial charge is 0.269 e. The van der Waals surface area contributed by atoms with Crippen LogP contribution in [0.3, 0.4) is 0 Å². The third-order valence-corrected chi connectivity index (χ3v) is 10.1. The minimum absolute atomic E-state index is 0.0368. The van der Waals surface area contributed by atoms with Crippen molar-refractivity contribution in [1.82, 2.24) is 10.3 Å². The molecule has 2 atom stereocenters. The van der Waals surface area contributed by atoms with Crippen LogP contribution < -0.4 is 9.62 Å². The zero-order chi connectivity index (χ0) is 31.9. The number of anilines is 1. The fraction of sp³-hybridized carbons (Fsp3) is 0.455. The summed E-state index contributed by atoms with van der Waals surface area (Å²) in [5.41, 5.74) is 1.41. The molecule has 44 heavy (non-hydrogen) atoms. The van der Waals surface area contributed by atoms with Crippen molar-refractivity contribution in [1.29, 1.82) is 0 Å². The number of aliphatic hydroxyl groups excluding tert-OH is 1. The minimum atomic E-state index is -4.09. The summed E-state index contributed by atoms with van der Waals surface area (Å²) in [6, 6.07) is 17.0. The third-order valence-electron chi connectivity index (χ3n) is 8.34. The Morgan fingerprint density at radius 1 is 1.02 bits per heavy atom. The molecule has 1 aliphatic carbocycles. The van der Waals surface area contributed by atoms with Gasteiger partial charge >= 0.3 is 0 Å². The normalized spacial score (nSPS) is 16.2. The minimum Gasteiger partial charge on any atom is -0.391 e. The predicted octanol–water partition coefficient (Wildman–Crippen LogP) is 5.54. The Balaban J connectivity index is 1.52. The van der Waals surface area contributed by atoms with Gasteiger partial charge in [0.2, 0.25) is 5.91 Å². The number of carbonyl (C=O) groups is 1. The first-order chi connectivity index (χ1) is 20.9. The van der Waals surface area contributed by atoms with Crippen molar-refractivity contribution in [2.45, 2.75) is 88.2 Å². The number of carbonyl (C=O) groups excluding carboxylic acids is 1. The molecule has 1 aromatic heterocycles. The van der Waals surface area contributed by atoms with E-state index in [4.69, 9.17) is 0 Å². The number of hydrogen-bond acceptors (Lipinski definition) is 7. The lowest BCUT2D eigenvalue weighted by Crippen LogP contribution is -2.45. The number of non-ortho nitro benzene ring substituents is 1. The van der Waals surface area contributed by atoms with Crippen LogP contribution in [0.2, 0.25) is 0 Å². The lowest BCUT2D eigenvalue weighted by Gasteiger charge is -2.37.